The number of aromatic nitrogens is 1. The van der Waals surface area contributed by atoms with Crippen LogP contribution < -0.4 is 16.1 Å². The van der Waals surface area contributed by atoms with Crippen molar-refractivity contribution >= 4 is 29.3 Å². The summed E-state index contributed by atoms with van der Waals surface area (Å²) >= 11 is 1.23. The number of hydroxylamine groups is 1. The average Bonchev–Trinajstić information content (AvgIpc) is 3.23. The molecule has 8 nitrogen and oxygen atoms in total. The van der Waals surface area contributed by atoms with Crippen molar-refractivity contribution in [1.29, 1.82) is 0 Å². The SMILES string of the molecule is CC(=O)NC(C)(C(F)F)[C@H](NC(=O)c1ccc(C#Cc2ccns2)cc1)C(=O)NO. The number of hydrogen-bond donors (Lipinski definition) is 4. The summed E-state index contributed by atoms with van der Waals surface area (Å²) in [6.07, 6.45) is -1.61. The molecule has 0 aliphatic heterocycles. The van der Waals surface area contributed by atoms with E-state index in [-0.39, 0.29) is 5.56 Å². The summed E-state index contributed by atoms with van der Waals surface area (Å²) < 4.78 is 31.2. The van der Waals surface area contributed by atoms with Crippen LogP contribution in [0, 0.1) is 11.8 Å². The normalized spacial score (nSPS) is 13.4. The summed E-state index contributed by atoms with van der Waals surface area (Å²) in [7, 11) is 0. The van der Waals surface area contributed by atoms with Gasteiger partial charge >= 0.3 is 0 Å². The Hall–Kier alpha value is -3.36. The van der Waals surface area contributed by atoms with Crippen LogP contribution in [0.4, 0.5) is 8.78 Å². The van der Waals surface area contributed by atoms with E-state index in [9.17, 15) is 23.2 Å². The molecular weight excluding hydrogens is 418 g/mol. The Labute approximate surface area is 174 Å². The number of carbonyl (C=O) groups is 3. The maximum Gasteiger partial charge on any atom is 0.268 e. The lowest BCUT2D eigenvalue weighted by molar-refractivity contribution is -0.137. The lowest BCUT2D eigenvalue weighted by atomic mass is 9.91. The molecule has 2 atom stereocenters. The highest BCUT2D eigenvalue weighted by molar-refractivity contribution is 7.06. The highest BCUT2D eigenvalue weighted by Gasteiger charge is 2.48. The fourth-order valence-electron chi connectivity index (χ4n) is 2.52. The predicted octanol–water partition coefficient (Wildman–Crippen LogP) is 1.31. The van der Waals surface area contributed by atoms with Gasteiger partial charge in [-0.3, -0.25) is 19.6 Å². The van der Waals surface area contributed by atoms with Crippen molar-refractivity contribution < 1.29 is 28.4 Å². The molecule has 1 aromatic heterocycles. The molecule has 0 bridgehead atoms. The topological polar surface area (TPSA) is 120 Å². The number of rotatable bonds is 6. The monoisotopic (exact) mass is 436 g/mol. The minimum absolute atomic E-state index is 0.0634. The van der Waals surface area contributed by atoms with E-state index in [1.165, 1.54) is 29.1 Å². The first-order valence-electron chi connectivity index (χ1n) is 8.52. The first-order valence-corrected chi connectivity index (χ1v) is 9.29. The molecule has 4 N–H and O–H groups in total. The number of hydrogen-bond acceptors (Lipinski definition) is 6. The van der Waals surface area contributed by atoms with Gasteiger partial charge in [0.15, 0.2) is 0 Å². The molecule has 0 saturated carbocycles. The average molecular weight is 436 g/mol. The standard InChI is InChI=1S/C19H18F2N4O4S/c1-11(26)24-19(2,18(20)21)15(17(28)25-29)23-16(27)13-6-3-12(4-7-13)5-8-14-9-10-22-30-14/h3-4,6-7,9-10,15,18,29H,1-2H3,(H,23,27)(H,24,26)(H,25,28)/t15-,19?/m1/s1. The van der Waals surface area contributed by atoms with Gasteiger partial charge in [0, 0.05) is 24.2 Å². The molecule has 1 aromatic carbocycles. The van der Waals surface area contributed by atoms with Gasteiger partial charge in [-0.25, -0.2) is 14.3 Å². The van der Waals surface area contributed by atoms with Gasteiger partial charge in [0.1, 0.15) is 11.6 Å². The van der Waals surface area contributed by atoms with Gasteiger partial charge in [0.2, 0.25) is 5.91 Å². The zero-order chi connectivity index (χ0) is 22.3. The number of amides is 3. The van der Waals surface area contributed by atoms with Gasteiger partial charge in [-0.05, 0) is 54.7 Å². The lowest BCUT2D eigenvalue weighted by Crippen LogP contribution is -2.68. The quantitative estimate of drug-likeness (QED) is 0.309. The molecule has 0 fully saturated rings. The summed E-state index contributed by atoms with van der Waals surface area (Å²) in [5, 5.41) is 13.0. The maximum absolute atomic E-state index is 13.7. The molecular formula is C19H18F2N4O4S. The highest BCUT2D eigenvalue weighted by Crippen LogP contribution is 2.21. The second-order valence-electron chi connectivity index (χ2n) is 6.35. The Morgan fingerprint density at radius 3 is 2.33 bits per heavy atom. The predicted molar refractivity (Wildman–Crippen MR) is 104 cm³/mol. The number of nitrogens with zero attached hydrogens (tertiary/aromatic N) is 1. The third kappa shape index (κ3) is 5.59. The zero-order valence-electron chi connectivity index (χ0n) is 15.9. The van der Waals surface area contributed by atoms with E-state index in [0.29, 0.717) is 5.56 Å². The molecule has 2 rings (SSSR count). The number of carbonyl (C=O) groups excluding carboxylic acids is 3. The van der Waals surface area contributed by atoms with Crippen LogP contribution in [0.2, 0.25) is 0 Å². The van der Waals surface area contributed by atoms with Gasteiger partial charge < -0.3 is 10.6 Å². The van der Waals surface area contributed by atoms with Gasteiger partial charge in [0.25, 0.3) is 18.2 Å². The number of alkyl halides is 2. The number of nitrogens with one attached hydrogen (secondary N) is 3. The number of halogens is 2. The minimum atomic E-state index is -3.23. The van der Waals surface area contributed by atoms with Crippen LogP contribution >= 0.6 is 11.5 Å². The van der Waals surface area contributed by atoms with Gasteiger partial charge in [0.05, 0.1) is 4.88 Å². The van der Waals surface area contributed by atoms with E-state index in [0.717, 1.165) is 18.7 Å². The Balaban J connectivity index is 2.22. The molecule has 0 aliphatic carbocycles. The van der Waals surface area contributed by atoms with Gasteiger partial charge in [-0.1, -0.05) is 5.92 Å². The zero-order valence-corrected chi connectivity index (χ0v) is 16.7. The summed E-state index contributed by atoms with van der Waals surface area (Å²) in [5.41, 5.74) is -0.569. The van der Waals surface area contributed by atoms with E-state index in [1.807, 2.05) is 5.32 Å². The van der Waals surface area contributed by atoms with Crippen LogP contribution in [0.25, 0.3) is 0 Å². The van der Waals surface area contributed by atoms with Crippen molar-refractivity contribution in [2.75, 3.05) is 0 Å². The molecule has 0 saturated heterocycles. The molecule has 3 amide bonds. The first-order chi connectivity index (χ1) is 14.2. The second kappa shape index (κ2) is 9.91. The Morgan fingerprint density at radius 2 is 1.83 bits per heavy atom. The van der Waals surface area contributed by atoms with E-state index < -0.39 is 35.7 Å². The molecule has 0 radical (unpaired) electrons. The van der Waals surface area contributed by atoms with Crippen LogP contribution in [0.5, 0.6) is 0 Å². The molecule has 30 heavy (non-hydrogen) atoms. The van der Waals surface area contributed by atoms with Crippen LogP contribution in [-0.2, 0) is 9.59 Å². The fourth-order valence-corrected chi connectivity index (χ4v) is 2.97. The minimum Gasteiger partial charge on any atom is -0.343 e. The van der Waals surface area contributed by atoms with Crippen LogP contribution in [0.3, 0.4) is 0 Å². The van der Waals surface area contributed by atoms with Crippen molar-refractivity contribution in [3.05, 3.63) is 52.5 Å². The van der Waals surface area contributed by atoms with Crippen molar-refractivity contribution in [3.63, 3.8) is 0 Å². The molecule has 1 unspecified atom stereocenters. The second-order valence-corrected chi connectivity index (χ2v) is 7.18. The maximum atomic E-state index is 13.7. The molecule has 2 aromatic rings. The molecule has 0 aliphatic rings. The molecule has 0 spiro atoms. The van der Waals surface area contributed by atoms with Crippen molar-refractivity contribution in [3.8, 4) is 11.8 Å². The molecule has 11 heteroatoms. The van der Waals surface area contributed by atoms with Crippen molar-refractivity contribution in [1.82, 2.24) is 20.5 Å². The van der Waals surface area contributed by atoms with E-state index >= 15 is 0 Å². The van der Waals surface area contributed by atoms with Crippen molar-refractivity contribution in [2.45, 2.75) is 31.9 Å². The highest BCUT2D eigenvalue weighted by atomic mass is 32.1. The Bertz CT molecular complexity index is 971. The first kappa shape index (κ1) is 22.9. The third-order valence-electron chi connectivity index (χ3n) is 4.06. The Kier molecular flexibility index (Phi) is 7.57. The van der Waals surface area contributed by atoms with Crippen LogP contribution in [0.1, 0.15) is 34.6 Å². The number of benzene rings is 1. The van der Waals surface area contributed by atoms with E-state index in [1.54, 1.807) is 24.4 Å². The molecule has 158 valence electrons. The summed E-state index contributed by atoms with van der Waals surface area (Å²) in [5.74, 6) is 2.77. The largest absolute Gasteiger partial charge is 0.343 e. The van der Waals surface area contributed by atoms with Gasteiger partial charge in [-0.2, -0.15) is 4.37 Å². The van der Waals surface area contributed by atoms with E-state index in [2.05, 4.69) is 21.5 Å². The smallest absolute Gasteiger partial charge is 0.268 e. The fraction of sp³-hybridized carbons (Fsp3) is 0.263. The van der Waals surface area contributed by atoms with Crippen LogP contribution in [0.15, 0.2) is 36.5 Å². The van der Waals surface area contributed by atoms with Gasteiger partial charge in [-0.15, -0.1) is 0 Å². The molecule has 1 heterocycles. The van der Waals surface area contributed by atoms with Crippen LogP contribution in [-0.4, -0.2) is 45.3 Å². The van der Waals surface area contributed by atoms with Crippen molar-refractivity contribution in [2.24, 2.45) is 0 Å². The third-order valence-corrected chi connectivity index (χ3v) is 4.72. The summed E-state index contributed by atoms with van der Waals surface area (Å²) in [6, 6.07) is 5.69. The summed E-state index contributed by atoms with van der Waals surface area (Å²) in [6.45, 7) is 1.87. The lowest BCUT2D eigenvalue weighted by Gasteiger charge is -2.36. The Morgan fingerprint density at radius 1 is 1.17 bits per heavy atom. The summed E-state index contributed by atoms with van der Waals surface area (Å²) in [4.78, 5) is 36.6. The van der Waals surface area contributed by atoms with E-state index in [4.69, 9.17) is 5.21 Å².